The van der Waals surface area contributed by atoms with Crippen LogP contribution in [0.1, 0.15) is 39.4 Å². The summed E-state index contributed by atoms with van der Waals surface area (Å²) in [6, 6.07) is 6.90. The van der Waals surface area contributed by atoms with Gasteiger partial charge in [-0.2, -0.15) is 0 Å². The second-order valence-electron chi connectivity index (χ2n) is 12.1. The predicted molar refractivity (Wildman–Crippen MR) is 187 cm³/mol. The minimum atomic E-state index is -1.52. The summed E-state index contributed by atoms with van der Waals surface area (Å²) in [5.41, 5.74) is 5.57. The van der Waals surface area contributed by atoms with Crippen LogP contribution in [0.25, 0.3) is 0 Å². The number of aromatic hydroxyl groups is 6. The van der Waals surface area contributed by atoms with Crippen molar-refractivity contribution >= 4 is 5.97 Å². The highest BCUT2D eigenvalue weighted by molar-refractivity contribution is 5.90. The van der Waals surface area contributed by atoms with Crippen LogP contribution in [-0.2, 0) is 41.4 Å². The van der Waals surface area contributed by atoms with Crippen molar-refractivity contribution in [2.45, 2.75) is 31.3 Å². The number of carbonyl (C=O) groups excluding carboxylic acids is 1. The molecule has 4 aromatic rings. The molecule has 3 aromatic carbocycles. The molecule has 55 heavy (non-hydrogen) atoms. The van der Waals surface area contributed by atoms with E-state index in [1.54, 1.807) is 6.20 Å². The molecular formula is C36H43FN4O14. The standard InChI is InChI=1S/C36H43FN4O14/c37-23-13-22(14-25(42)17-23)36(48)55-35-33(21-15-28(45)32(47)29(46)16-21)54-30-19-26(43)18-27(44)31(30)34(35)53-6-3-41-20-24(39-40-41)1-4-49-7-9-51-11-12-52-10-8-50-5-2-38/h13-20,33-35,42-47H,1-12,38H2. The molecule has 0 amide bonds. The second kappa shape index (κ2) is 19.8. The van der Waals surface area contributed by atoms with Crippen molar-refractivity contribution in [3.8, 4) is 40.2 Å². The maximum atomic E-state index is 14.1. The molecule has 2 heterocycles. The van der Waals surface area contributed by atoms with E-state index in [0.29, 0.717) is 71.5 Å². The molecule has 0 radical (unpaired) electrons. The topological polar surface area (TPSA) is 260 Å². The van der Waals surface area contributed by atoms with E-state index < -0.39 is 58.8 Å². The van der Waals surface area contributed by atoms with Gasteiger partial charge in [0.25, 0.3) is 0 Å². The largest absolute Gasteiger partial charge is 0.508 e. The monoisotopic (exact) mass is 774 g/mol. The summed E-state index contributed by atoms with van der Waals surface area (Å²) in [6.45, 7) is 3.89. The zero-order valence-corrected chi connectivity index (χ0v) is 29.6. The van der Waals surface area contributed by atoms with Crippen molar-refractivity contribution in [1.82, 2.24) is 15.0 Å². The van der Waals surface area contributed by atoms with E-state index in [-0.39, 0.29) is 41.3 Å². The first-order valence-corrected chi connectivity index (χ1v) is 17.2. The second-order valence-corrected chi connectivity index (χ2v) is 12.1. The van der Waals surface area contributed by atoms with Crippen LogP contribution in [0.5, 0.6) is 40.2 Å². The number of ether oxygens (including phenoxy) is 7. The van der Waals surface area contributed by atoms with Gasteiger partial charge >= 0.3 is 5.97 Å². The average molecular weight is 775 g/mol. The Morgan fingerprint density at radius 2 is 1.42 bits per heavy atom. The third-order valence-electron chi connectivity index (χ3n) is 8.11. The van der Waals surface area contributed by atoms with Gasteiger partial charge in [0.15, 0.2) is 29.5 Å². The van der Waals surface area contributed by atoms with E-state index in [0.717, 1.165) is 36.4 Å². The number of esters is 1. The van der Waals surface area contributed by atoms with Gasteiger partial charge in [-0.05, 0) is 24.3 Å². The third-order valence-corrected chi connectivity index (χ3v) is 8.11. The molecule has 0 spiro atoms. The molecular weight excluding hydrogens is 731 g/mol. The number of hydrogen-bond donors (Lipinski definition) is 7. The first kappa shape index (κ1) is 40.7. The first-order chi connectivity index (χ1) is 26.5. The lowest BCUT2D eigenvalue weighted by atomic mass is 9.90. The number of fused-ring (bicyclic) bond motifs is 1. The molecule has 1 aliphatic heterocycles. The molecule has 1 aromatic heterocycles. The van der Waals surface area contributed by atoms with Gasteiger partial charge in [-0.25, -0.2) is 13.9 Å². The lowest BCUT2D eigenvalue weighted by Crippen LogP contribution is -2.40. The summed E-state index contributed by atoms with van der Waals surface area (Å²) >= 11 is 0. The Balaban J connectivity index is 1.23. The van der Waals surface area contributed by atoms with Gasteiger partial charge in [0.1, 0.15) is 34.9 Å². The van der Waals surface area contributed by atoms with E-state index in [4.69, 9.17) is 38.9 Å². The molecule has 298 valence electrons. The molecule has 1 aliphatic rings. The minimum Gasteiger partial charge on any atom is -0.508 e. The Morgan fingerprint density at radius 3 is 2.07 bits per heavy atom. The fourth-order valence-corrected chi connectivity index (χ4v) is 5.60. The van der Waals surface area contributed by atoms with E-state index in [1.165, 1.54) is 10.7 Å². The number of phenols is 6. The smallest absolute Gasteiger partial charge is 0.338 e. The molecule has 19 heteroatoms. The van der Waals surface area contributed by atoms with E-state index in [1.807, 2.05) is 0 Å². The maximum absolute atomic E-state index is 14.1. The van der Waals surface area contributed by atoms with Crippen LogP contribution in [-0.4, -0.2) is 124 Å². The van der Waals surface area contributed by atoms with Crippen molar-refractivity contribution < 1.29 is 73.0 Å². The summed E-state index contributed by atoms with van der Waals surface area (Å²) in [4.78, 5) is 13.4. The number of hydrogen-bond acceptors (Lipinski definition) is 17. The quantitative estimate of drug-likeness (QED) is 0.0364. The molecule has 5 rings (SSSR count). The number of halogens is 1. The van der Waals surface area contributed by atoms with Gasteiger partial charge in [-0.3, -0.25) is 0 Å². The zero-order valence-electron chi connectivity index (χ0n) is 29.6. The lowest BCUT2D eigenvalue weighted by molar-refractivity contribution is -0.112. The van der Waals surface area contributed by atoms with Crippen LogP contribution in [0.3, 0.4) is 0 Å². The number of phenolic OH excluding ortho intramolecular Hbond substituents is 6. The summed E-state index contributed by atoms with van der Waals surface area (Å²) in [7, 11) is 0. The van der Waals surface area contributed by atoms with Crippen LogP contribution in [0.4, 0.5) is 4.39 Å². The van der Waals surface area contributed by atoms with Crippen molar-refractivity contribution in [3.05, 3.63) is 76.9 Å². The Bertz CT molecular complexity index is 1830. The van der Waals surface area contributed by atoms with Gasteiger partial charge < -0.3 is 69.5 Å². The van der Waals surface area contributed by atoms with Crippen LogP contribution < -0.4 is 10.5 Å². The Morgan fingerprint density at radius 1 is 0.782 bits per heavy atom. The zero-order chi connectivity index (χ0) is 39.3. The Labute approximate surface area is 313 Å². The van der Waals surface area contributed by atoms with Gasteiger partial charge in [0.05, 0.1) is 82.8 Å². The summed E-state index contributed by atoms with van der Waals surface area (Å²) in [5, 5.41) is 70.0. The summed E-state index contributed by atoms with van der Waals surface area (Å²) in [6.07, 6.45) is -2.14. The number of carbonyl (C=O) groups is 1. The van der Waals surface area contributed by atoms with E-state index in [2.05, 4.69) is 10.3 Å². The number of nitrogens with zero attached hydrogens (tertiary/aromatic N) is 3. The Hall–Kier alpha value is -5.44. The van der Waals surface area contributed by atoms with Crippen LogP contribution >= 0.6 is 0 Å². The highest BCUT2D eigenvalue weighted by Gasteiger charge is 2.45. The minimum absolute atomic E-state index is 0.0151. The fraction of sp³-hybridized carbons (Fsp3) is 0.417. The average Bonchev–Trinajstić information content (AvgIpc) is 3.59. The molecule has 0 saturated carbocycles. The number of aromatic nitrogens is 3. The fourth-order valence-electron chi connectivity index (χ4n) is 5.60. The maximum Gasteiger partial charge on any atom is 0.338 e. The normalized spacial score (nSPS) is 16.4. The first-order valence-electron chi connectivity index (χ1n) is 17.2. The van der Waals surface area contributed by atoms with E-state index in [9.17, 15) is 39.8 Å². The van der Waals surface area contributed by atoms with Crippen molar-refractivity contribution in [3.63, 3.8) is 0 Å². The SMILES string of the molecule is NCCOCCOCCOCCOCCc1cn(CCOC2c3c(O)cc(O)cc3OC(c3cc(O)c(O)c(O)c3)C2OC(=O)c2cc(O)cc(F)c2)nn1. The van der Waals surface area contributed by atoms with Crippen molar-refractivity contribution in [2.75, 3.05) is 66.0 Å². The van der Waals surface area contributed by atoms with E-state index >= 15 is 0 Å². The van der Waals surface area contributed by atoms with Gasteiger partial charge in [-0.15, -0.1) is 5.10 Å². The number of nitrogens with two attached hydrogens (primary N) is 1. The van der Waals surface area contributed by atoms with Crippen LogP contribution in [0.15, 0.2) is 48.7 Å². The van der Waals surface area contributed by atoms with Crippen molar-refractivity contribution in [1.29, 1.82) is 0 Å². The molecule has 0 saturated heterocycles. The number of rotatable bonds is 21. The molecule has 0 bridgehead atoms. The highest BCUT2D eigenvalue weighted by Crippen LogP contribution is 2.51. The van der Waals surface area contributed by atoms with Crippen LogP contribution in [0, 0.1) is 5.82 Å². The molecule has 0 aliphatic carbocycles. The third kappa shape index (κ3) is 11.3. The van der Waals surface area contributed by atoms with Crippen LogP contribution in [0.2, 0.25) is 0 Å². The molecule has 3 unspecified atom stereocenters. The molecule has 8 N–H and O–H groups in total. The molecule has 3 atom stereocenters. The summed E-state index contributed by atoms with van der Waals surface area (Å²) < 4.78 is 55.4. The van der Waals surface area contributed by atoms with Gasteiger partial charge in [-0.1, -0.05) is 5.21 Å². The Kier molecular flexibility index (Phi) is 14.6. The predicted octanol–water partition coefficient (Wildman–Crippen LogP) is 2.34. The van der Waals surface area contributed by atoms with Gasteiger partial charge in [0.2, 0.25) is 0 Å². The lowest BCUT2D eigenvalue weighted by Gasteiger charge is -2.39. The molecule has 0 fully saturated rings. The molecule has 18 nitrogen and oxygen atoms in total. The van der Waals surface area contributed by atoms with Gasteiger partial charge in [0, 0.05) is 42.9 Å². The highest BCUT2D eigenvalue weighted by atomic mass is 19.1. The summed E-state index contributed by atoms with van der Waals surface area (Å²) in [5.74, 6) is -5.84. The number of benzene rings is 3. The van der Waals surface area contributed by atoms with Crippen molar-refractivity contribution in [2.24, 2.45) is 5.73 Å².